The first kappa shape index (κ1) is 27.4. The molecule has 1 saturated heterocycles. The van der Waals surface area contributed by atoms with Crippen LogP contribution in [-0.2, 0) is 19.6 Å². The van der Waals surface area contributed by atoms with E-state index in [2.05, 4.69) is 39.0 Å². The molecule has 0 unspecified atom stereocenters. The molecule has 202 valence electrons. The minimum absolute atomic E-state index is 0.0514. The molecule has 1 amide bonds. The van der Waals surface area contributed by atoms with Gasteiger partial charge in [0.25, 0.3) is 5.91 Å². The molecule has 4 rings (SSSR count). The first-order chi connectivity index (χ1) is 18.3. The molecule has 0 aromatic heterocycles. The number of rotatable bonds is 8. The van der Waals surface area contributed by atoms with Crippen LogP contribution in [-0.4, -0.2) is 70.1 Å². The van der Waals surface area contributed by atoms with Gasteiger partial charge < -0.3 is 20.8 Å². The summed E-state index contributed by atoms with van der Waals surface area (Å²) in [4.78, 5) is 23.7. The number of carbonyl (C=O) groups is 1. The number of benzene rings is 3. The Morgan fingerprint density at radius 3 is 1.95 bits per heavy atom. The minimum atomic E-state index is -0.638. The van der Waals surface area contributed by atoms with Crippen LogP contribution < -0.4 is 16.5 Å². The molecule has 9 heteroatoms. The summed E-state index contributed by atoms with van der Waals surface area (Å²) in [6, 6.07) is 19.2. The van der Waals surface area contributed by atoms with E-state index >= 15 is 0 Å². The number of hydrogen-bond donors (Lipinski definition) is 4. The highest BCUT2D eigenvalue weighted by molar-refractivity contribution is 5.96. The molecule has 0 atom stereocenters. The third kappa shape index (κ3) is 7.02. The number of aromatic hydroxyl groups is 2. The molecule has 1 aliphatic heterocycles. The molecular weight excluding hydrogens is 482 g/mol. The second-order valence-electron chi connectivity index (χ2n) is 9.88. The van der Waals surface area contributed by atoms with Gasteiger partial charge in [0.2, 0.25) is 0 Å². The molecule has 0 saturated carbocycles. The lowest BCUT2D eigenvalue weighted by Crippen LogP contribution is -2.35. The van der Waals surface area contributed by atoms with Crippen LogP contribution in [0.25, 0.3) is 0 Å². The van der Waals surface area contributed by atoms with E-state index in [1.807, 2.05) is 31.2 Å². The fourth-order valence-electron chi connectivity index (χ4n) is 4.93. The average molecular weight is 520 g/mol. The van der Waals surface area contributed by atoms with Crippen molar-refractivity contribution < 1.29 is 19.8 Å². The molecule has 0 aliphatic carbocycles. The predicted molar refractivity (Wildman–Crippen MR) is 147 cm³/mol. The second kappa shape index (κ2) is 12.7. The van der Waals surface area contributed by atoms with Crippen LogP contribution >= 0.6 is 0 Å². The Hall–Kier alpha value is -3.63. The molecule has 3 aromatic carbocycles. The Labute approximate surface area is 223 Å². The van der Waals surface area contributed by atoms with Gasteiger partial charge in [0, 0.05) is 70.0 Å². The van der Waals surface area contributed by atoms with Crippen LogP contribution in [0.1, 0.15) is 32.6 Å². The molecule has 1 heterocycles. The van der Waals surface area contributed by atoms with Crippen molar-refractivity contribution in [3.05, 3.63) is 88.5 Å². The standard InChI is InChI=1S/C29H37N5O4/c1-21-16-24(27(35)25(17-21)29(30)37)20-34-13-11-32(18-22-6-3-2-4-7-22)10-12-33(14-15-34)19-23-8-5-9-26(38-31)28(23)36/h2-9,16-17,35-36H,10-15,18-20,31H2,1H3,(H2,30,37). The number of phenols is 2. The summed E-state index contributed by atoms with van der Waals surface area (Å²) in [7, 11) is 0. The Kier molecular flexibility index (Phi) is 9.19. The van der Waals surface area contributed by atoms with Crippen LogP contribution in [0.3, 0.4) is 0 Å². The van der Waals surface area contributed by atoms with Gasteiger partial charge in [-0.05, 0) is 30.2 Å². The second-order valence-corrected chi connectivity index (χ2v) is 9.88. The van der Waals surface area contributed by atoms with Gasteiger partial charge in [-0.15, -0.1) is 0 Å². The Morgan fingerprint density at radius 2 is 1.37 bits per heavy atom. The van der Waals surface area contributed by atoms with Crippen molar-refractivity contribution in [2.24, 2.45) is 11.6 Å². The fourth-order valence-corrected chi connectivity index (χ4v) is 4.93. The van der Waals surface area contributed by atoms with Gasteiger partial charge in [-0.3, -0.25) is 19.5 Å². The summed E-state index contributed by atoms with van der Waals surface area (Å²) >= 11 is 0. The zero-order valence-corrected chi connectivity index (χ0v) is 21.8. The quantitative estimate of drug-likeness (QED) is 0.334. The van der Waals surface area contributed by atoms with Crippen molar-refractivity contribution in [3.8, 4) is 17.2 Å². The third-order valence-electron chi connectivity index (χ3n) is 7.04. The largest absolute Gasteiger partial charge is 0.507 e. The summed E-state index contributed by atoms with van der Waals surface area (Å²) in [6.45, 7) is 8.55. The Bertz CT molecular complexity index is 1240. The molecule has 0 bridgehead atoms. The van der Waals surface area contributed by atoms with Crippen molar-refractivity contribution in [2.75, 3.05) is 39.3 Å². The summed E-state index contributed by atoms with van der Waals surface area (Å²) in [5, 5.41) is 21.4. The molecule has 1 aliphatic rings. The van der Waals surface area contributed by atoms with Crippen molar-refractivity contribution in [2.45, 2.75) is 26.6 Å². The normalized spacial score (nSPS) is 15.9. The van der Waals surface area contributed by atoms with Gasteiger partial charge in [-0.2, -0.15) is 5.90 Å². The highest BCUT2D eigenvalue weighted by atomic mass is 16.6. The lowest BCUT2D eigenvalue weighted by atomic mass is 10.0. The lowest BCUT2D eigenvalue weighted by Gasteiger charge is -2.26. The Morgan fingerprint density at radius 1 is 0.789 bits per heavy atom. The zero-order valence-electron chi connectivity index (χ0n) is 21.8. The maximum Gasteiger partial charge on any atom is 0.252 e. The van der Waals surface area contributed by atoms with Crippen LogP contribution in [0.4, 0.5) is 0 Å². The summed E-state index contributed by atoms with van der Waals surface area (Å²) in [6.07, 6.45) is 0. The predicted octanol–water partition coefficient (Wildman–Crippen LogP) is 2.58. The number of primary amides is 1. The number of amides is 1. The number of nitrogens with two attached hydrogens (primary N) is 2. The smallest absolute Gasteiger partial charge is 0.252 e. The van der Waals surface area contributed by atoms with Gasteiger partial charge in [-0.1, -0.05) is 48.5 Å². The molecule has 3 aromatic rings. The topological polar surface area (TPSA) is 129 Å². The van der Waals surface area contributed by atoms with Crippen molar-refractivity contribution in [3.63, 3.8) is 0 Å². The first-order valence-corrected chi connectivity index (χ1v) is 12.8. The first-order valence-electron chi connectivity index (χ1n) is 12.8. The van der Waals surface area contributed by atoms with Crippen LogP contribution in [0.5, 0.6) is 17.2 Å². The molecule has 9 nitrogen and oxygen atoms in total. The van der Waals surface area contributed by atoms with E-state index in [4.69, 9.17) is 16.5 Å². The Balaban J connectivity index is 1.56. The highest BCUT2D eigenvalue weighted by Crippen LogP contribution is 2.30. The zero-order chi connectivity index (χ0) is 27.1. The SMILES string of the molecule is Cc1cc(CN2CCN(Cc3ccccc3)CCN(Cc3cccc(ON)c3O)CC2)c(O)c(C(N)=O)c1. The van der Waals surface area contributed by atoms with Crippen molar-refractivity contribution >= 4 is 5.91 Å². The number of carbonyl (C=O) groups excluding carboxylic acids is 1. The summed E-state index contributed by atoms with van der Waals surface area (Å²) in [5.74, 6) is 4.93. The number of aryl methyl sites for hydroxylation is 1. The maximum absolute atomic E-state index is 11.9. The highest BCUT2D eigenvalue weighted by Gasteiger charge is 2.21. The molecule has 1 fully saturated rings. The minimum Gasteiger partial charge on any atom is -0.507 e. The average Bonchev–Trinajstić information content (AvgIpc) is 2.99. The molecule has 0 radical (unpaired) electrons. The van der Waals surface area contributed by atoms with E-state index in [1.54, 1.807) is 12.1 Å². The van der Waals surface area contributed by atoms with Crippen LogP contribution in [0.15, 0.2) is 60.7 Å². The molecular formula is C29H37N5O4. The van der Waals surface area contributed by atoms with E-state index in [0.717, 1.165) is 56.9 Å². The van der Waals surface area contributed by atoms with Gasteiger partial charge in [-0.25, -0.2) is 0 Å². The fraction of sp³-hybridized carbons (Fsp3) is 0.345. The van der Waals surface area contributed by atoms with E-state index in [1.165, 1.54) is 5.56 Å². The number of nitrogens with zero attached hydrogens (tertiary/aromatic N) is 3. The van der Waals surface area contributed by atoms with Crippen molar-refractivity contribution in [1.29, 1.82) is 0 Å². The van der Waals surface area contributed by atoms with E-state index in [0.29, 0.717) is 18.7 Å². The van der Waals surface area contributed by atoms with E-state index < -0.39 is 5.91 Å². The maximum atomic E-state index is 11.9. The van der Waals surface area contributed by atoms with Crippen molar-refractivity contribution in [1.82, 2.24) is 14.7 Å². The molecule has 0 spiro atoms. The van der Waals surface area contributed by atoms with Crippen LogP contribution in [0, 0.1) is 6.92 Å². The van der Waals surface area contributed by atoms with Gasteiger partial charge in [0.1, 0.15) is 5.75 Å². The lowest BCUT2D eigenvalue weighted by molar-refractivity contribution is 0.0997. The third-order valence-corrected chi connectivity index (χ3v) is 7.04. The van der Waals surface area contributed by atoms with E-state index in [9.17, 15) is 15.0 Å². The van der Waals surface area contributed by atoms with Gasteiger partial charge >= 0.3 is 0 Å². The molecule has 6 N–H and O–H groups in total. The number of phenolic OH excluding ortho intramolecular Hbond substituents is 1. The van der Waals surface area contributed by atoms with Gasteiger partial charge in [0.15, 0.2) is 11.5 Å². The summed E-state index contributed by atoms with van der Waals surface area (Å²) < 4.78 is 0. The van der Waals surface area contributed by atoms with Gasteiger partial charge in [0.05, 0.1) is 5.56 Å². The molecule has 38 heavy (non-hydrogen) atoms. The van der Waals surface area contributed by atoms with Crippen LogP contribution in [0.2, 0.25) is 0 Å². The monoisotopic (exact) mass is 519 g/mol. The number of para-hydroxylation sites is 1. The number of hydrogen-bond acceptors (Lipinski definition) is 8. The summed E-state index contributed by atoms with van der Waals surface area (Å²) in [5.41, 5.74) is 9.21. The van der Waals surface area contributed by atoms with E-state index in [-0.39, 0.29) is 22.8 Å².